The van der Waals surface area contributed by atoms with Crippen molar-refractivity contribution >= 4 is 37.9 Å². The lowest BCUT2D eigenvalue weighted by molar-refractivity contribution is 0.547. The number of nitrogens with one attached hydrogen (secondary N) is 2. The van der Waals surface area contributed by atoms with Crippen molar-refractivity contribution in [2.45, 2.75) is 23.1 Å². The second-order valence-electron chi connectivity index (χ2n) is 9.60. The molecule has 0 aliphatic carbocycles. The molecule has 0 saturated heterocycles. The number of aromatic amines is 1. The van der Waals surface area contributed by atoms with Gasteiger partial charge in [-0.25, -0.2) is 40.0 Å². The third kappa shape index (κ3) is 8.46. The van der Waals surface area contributed by atoms with E-state index in [4.69, 9.17) is 11.1 Å². The van der Waals surface area contributed by atoms with E-state index in [2.05, 4.69) is 20.2 Å². The number of sulfone groups is 2. The number of amidine groups is 1. The summed E-state index contributed by atoms with van der Waals surface area (Å²) in [5.74, 6) is -2.47. The zero-order valence-electron chi connectivity index (χ0n) is 24.0. The van der Waals surface area contributed by atoms with Crippen LogP contribution in [0.5, 0.6) is 0 Å². The van der Waals surface area contributed by atoms with E-state index in [0.29, 0.717) is 11.8 Å². The van der Waals surface area contributed by atoms with E-state index in [-0.39, 0.29) is 64.2 Å². The van der Waals surface area contributed by atoms with Crippen molar-refractivity contribution in [3.05, 3.63) is 111 Å². The number of nitrogens with two attached hydrogens (primary N) is 1. The third-order valence-electron chi connectivity index (χ3n) is 6.08. The predicted molar refractivity (Wildman–Crippen MR) is 164 cm³/mol. The normalized spacial score (nSPS) is 11.3. The van der Waals surface area contributed by atoms with Crippen molar-refractivity contribution in [1.82, 2.24) is 29.5 Å². The zero-order chi connectivity index (χ0) is 33.1. The van der Waals surface area contributed by atoms with Crippen molar-refractivity contribution in [1.29, 1.82) is 5.41 Å². The number of hydrogen-bond acceptors (Lipinski definition) is 9. The van der Waals surface area contributed by atoms with Crippen LogP contribution >= 0.6 is 12.4 Å². The van der Waals surface area contributed by atoms with Gasteiger partial charge in [-0.1, -0.05) is 36.4 Å². The van der Waals surface area contributed by atoms with Gasteiger partial charge in [-0.05, 0) is 12.1 Å². The molecule has 0 spiro atoms. The molecule has 0 amide bonds. The van der Waals surface area contributed by atoms with E-state index in [1.807, 2.05) is 0 Å². The Morgan fingerprint density at radius 1 is 0.826 bits per heavy atom. The van der Waals surface area contributed by atoms with Gasteiger partial charge in [0.15, 0.2) is 35.6 Å². The van der Waals surface area contributed by atoms with Crippen molar-refractivity contribution in [2.24, 2.45) is 5.73 Å². The number of hydrogen-bond donors (Lipinski definition) is 3. The highest BCUT2D eigenvalue weighted by atomic mass is 35.5. The molecule has 4 N–H and O–H groups in total. The molecule has 3 aromatic heterocycles. The smallest absolute Gasteiger partial charge is 0.287 e. The quantitative estimate of drug-likeness (QED) is 0.161. The van der Waals surface area contributed by atoms with Crippen molar-refractivity contribution in [3.8, 4) is 11.5 Å². The number of benzene rings is 2. The van der Waals surface area contributed by atoms with Gasteiger partial charge >= 0.3 is 0 Å². The number of nitrogen functional groups attached to an aromatic ring is 1. The van der Waals surface area contributed by atoms with E-state index in [0.717, 1.165) is 21.9 Å². The van der Waals surface area contributed by atoms with E-state index >= 15 is 0 Å². The van der Waals surface area contributed by atoms with Crippen LogP contribution < -0.4 is 11.3 Å². The lowest BCUT2D eigenvalue weighted by Crippen LogP contribution is -2.14. The molecule has 3 heterocycles. The van der Waals surface area contributed by atoms with Gasteiger partial charge in [0, 0.05) is 35.8 Å². The second kappa shape index (κ2) is 14.1. The Morgan fingerprint density at radius 3 is 1.76 bits per heavy atom. The fourth-order valence-corrected chi connectivity index (χ4v) is 5.58. The topological polar surface area (TPSA) is 200 Å². The lowest BCUT2D eigenvalue weighted by Gasteiger charge is -2.06. The summed E-state index contributed by atoms with van der Waals surface area (Å²) in [6, 6.07) is 14.3. The van der Waals surface area contributed by atoms with Crippen LogP contribution in [-0.2, 0) is 32.8 Å². The van der Waals surface area contributed by atoms with Crippen molar-refractivity contribution < 1.29 is 30.0 Å². The monoisotopic (exact) mass is 698 g/mol. The van der Waals surface area contributed by atoms with E-state index in [1.165, 1.54) is 42.5 Å². The summed E-state index contributed by atoms with van der Waals surface area (Å²) in [4.78, 5) is 17.2. The molecule has 0 atom stereocenters. The molecule has 0 aliphatic heterocycles. The number of halogens is 4. The average Bonchev–Trinajstić information content (AvgIpc) is 3.58. The van der Waals surface area contributed by atoms with E-state index in [9.17, 15) is 34.8 Å². The molecule has 5 aromatic rings. The minimum Gasteiger partial charge on any atom is -0.382 e. The van der Waals surface area contributed by atoms with E-state index in [1.54, 1.807) is 18.2 Å². The van der Waals surface area contributed by atoms with Crippen LogP contribution in [0, 0.1) is 22.9 Å². The highest BCUT2D eigenvalue weighted by Gasteiger charge is 2.21. The number of nitrogens with zero attached hydrogens (tertiary/aromatic N) is 5. The third-order valence-corrected chi connectivity index (χ3v) is 8.25. The SMILES string of the molecule is CS(=O)(=O)c1cc(-c2ncc(F)c(=O)[nH]2)nn1Cc1ccccc1F.CS(=O)(=O)c1cc(C(=N)N)nn1Cc1ccccc1F.Cl. The van der Waals surface area contributed by atoms with Gasteiger partial charge in [-0.2, -0.15) is 14.6 Å². The molecular formula is C27H26ClF3N8O5S2. The molecule has 0 bridgehead atoms. The van der Waals surface area contributed by atoms with Crippen molar-refractivity contribution in [2.75, 3.05) is 12.5 Å². The molecule has 19 heteroatoms. The first-order chi connectivity index (χ1) is 21.0. The fraction of sp³-hybridized carbons (Fsp3) is 0.148. The maximum atomic E-state index is 13.8. The summed E-state index contributed by atoms with van der Waals surface area (Å²) < 4.78 is 90.1. The fourth-order valence-electron chi connectivity index (χ4n) is 3.96. The van der Waals surface area contributed by atoms with Crippen LogP contribution in [-0.4, -0.2) is 64.7 Å². The van der Waals surface area contributed by atoms with Crippen LogP contribution in [0.1, 0.15) is 16.8 Å². The van der Waals surface area contributed by atoms with E-state index < -0.39 is 42.7 Å². The van der Waals surface area contributed by atoms with Crippen LogP contribution in [0.2, 0.25) is 0 Å². The van der Waals surface area contributed by atoms with Crippen LogP contribution in [0.4, 0.5) is 13.2 Å². The maximum absolute atomic E-state index is 13.8. The van der Waals surface area contributed by atoms with Gasteiger partial charge in [-0.15, -0.1) is 12.4 Å². The Balaban J connectivity index is 0.000000251. The van der Waals surface area contributed by atoms with Gasteiger partial charge in [0.1, 0.15) is 28.9 Å². The Bertz CT molecular complexity index is 2180. The van der Waals surface area contributed by atoms with Crippen molar-refractivity contribution in [3.63, 3.8) is 0 Å². The minimum absolute atomic E-state index is 0. The molecule has 2 aromatic carbocycles. The highest BCUT2D eigenvalue weighted by molar-refractivity contribution is 7.90. The molecular weight excluding hydrogens is 673 g/mol. The van der Waals surface area contributed by atoms with Crippen LogP contribution in [0.25, 0.3) is 11.5 Å². The molecule has 0 unspecified atom stereocenters. The van der Waals surface area contributed by atoms with Crippen LogP contribution in [0.3, 0.4) is 0 Å². The first kappa shape index (κ1) is 35.7. The molecule has 13 nitrogen and oxygen atoms in total. The predicted octanol–water partition coefficient (Wildman–Crippen LogP) is 2.54. The first-order valence-corrected chi connectivity index (χ1v) is 16.4. The minimum atomic E-state index is -3.69. The van der Waals surface area contributed by atoms with Gasteiger partial charge in [-0.3, -0.25) is 10.2 Å². The molecule has 0 aliphatic rings. The first-order valence-electron chi connectivity index (χ1n) is 12.7. The zero-order valence-corrected chi connectivity index (χ0v) is 26.4. The lowest BCUT2D eigenvalue weighted by atomic mass is 10.2. The van der Waals surface area contributed by atoms with Crippen LogP contribution in [0.15, 0.2) is 81.7 Å². The molecule has 244 valence electrons. The number of aromatic nitrogens is 6. The Hall–Kier alpha value is -4.81. The molecule has 0 radical (unpaired) electrons. The summed E-state index contributed by atoms with van der Waals surface area (Å²) in [6.45, 7) is -0.192. The van der Waals surface area contributed by atoms with Gasteiger partial charge in [0.05, 0.1) is 19.3 Å². The summed E-state index contributed by atoms with van der Waals surface area (Å²) in [5, 5.41) is 15.0. The Labute approximate surface area is 266 Å². The number of rotatable bonds is 8. The molecule has 0 saturated carbocycles. The maximum Gasteiger partial charge on any atom is 0.287 e. The summed E-state index contributed by atoms with van der Waals surface area (Å²) in [5.41, 5.74) is 4.90. The second-order valence-corrected chi connectivity index (χ2v) is 13.5. The number of H-pyrrole nitrogens is 1. The summed E-state index contributed by atoms with van der Waals surface area (Å²) >= 11 is 0. The highest BCUT2D eigenvalue weighted by Crippen LogP contribution is 2.20. The standard InChI is InChI=1S/C15H12F2N4O3S.C12H13FN4O2S.ClH/c1-25(23,24)13-6-12(14-18-7-11(17)15(22)19-14)20-21(13)8-9-4-2-3-5-10(9)16;1-20(18,19)11-6-10(12(14)15)16-17(11)7-8-4-2-3-5-9(8)13;/h2-7H,8H2,1H3,(H,18,19,22);2-6H,7H2,1H3,(H3,14,15);1H. The molecule has 5 rings (SSSR count). The largest absolute Gasteiger partial charge is 0.382 e. The molecule has 46 heavy (non-hydrogen) atoms. The molecule has 0 fully saturated rings. The van der Waals surface area contributed by atoms with Gasteiger partial charge in [0.2, 0.25) is 5.82 Å². The van der Waals surface area contributed by atoms with Gasteiger partial charge in [0.25, 0.3) is 5.56 Å². The Morgan fingerprint density at radius 2 is 1.30 bits per heavy atom. The van der Waals surface area contributed by atoms with Gasteiger partial charge < -0.3 is 10.7 Å². The Kier molecular flexibility index (Phi) is 10.9. The summed E-state index contributed by atoms with van der Waals surface area (Å²) in [7, 11) is -7.24. The average molecular weight is 699 g/mol. The summed E-state index contributed by atoms with van der Waals surface area (Å²) in [6.07, 6.45) is 2.71.